The first-order valence-electron chi connectivity index (χ1n) is 9.45. The van der Waals surface area contributed by atoms with E-state index >= 15 is 0 Å². The third-order valence-corrected chi connectivity index (χ3v) is 6.38. The fourth-order valence-corrected chi connectivity index (χ4v) is 5.64. The molecule has 21 heavy (non-hydrogen) atoms. The van der Waals surface area contributed by atoms with Gasteiger partial charge >= 0.3 is 0 Å². The van der Waals surface area contributed by atoms with Crippen molar-refractivity contribution in [3.8, 4) is 0 Å². The molecule has 2 aliphatic carbocycles. The Morgan fingerprint density at radius 2 is 1.95 bits per heavy atom. The van der Waals surface area contributed by atoms with Gasteiger partial charge in [-0.1, -0.05) is 52.4 Å². The van der Waals surface area contributed by atoms with Crippen molar-refractivity contribution >= 4 is 6.41 Å². The van der Waals surface area contributed by atoms with E-state index in [0.29, 0.717) is 0 Å². The van der Waals surface area contributed by atoms with Gasteiger partial charge in [0.25, 0.3) is 0 Å². The maximum absolute atomic E-state index is 11.7. The Morgan fingerprint density at radius 3 is 2.57 bits per heavy atom. The van der Waals surface area contributed by atoms with Gasteiger partial charge in [-0.3, -0.25) is 4.79 Å². The maximum atomic E-state index is 11.7. The molecular formula is C19H35NO. The Kier molecular flexibility index (Phi) is 6.13. The van der Waals surface area contributed by atoms with Gasteiger partial charge in [0.1, 0.15) is 0 Å². The molecule has 0 bridgehead atoms. The topological polar surface area (TPSA) is 20.3 Å². The molecule has 0 aromatic rings. The number of carbonyl (C=O) groups is 1. The summed E-state index contributed by atoms with van der Waals surface area (Å²) in [6.45, 7) is 7.61. The predicted molar refractivity (Wildman–Crippen MR) is 89.2 cm³/mol. The maximum Gasteiger partial charge on any atom is 0.210 e. The average Bonchev–Trinajstić information content (AvgIpc) is 3.02. The van der Waals surface area contributed by atoms with Crippen molar-refractivity contribution in [1.29, 1.82) is 0 Å². The van der Waals surface area contributed by atoms with E-state index in [0.717, 1.165) is 30.7 Å². The third-order valence-electron chi connectivity index (χ3n) is 6.38. The fourth-order valence-electron chi connectivity index (χ4n) is 5.64. The molecule has 2 fully saturated rings. The molecule has 2 saturated carbocycles. The average molecular weight is 293 g/mol. The standard InChI is InChI=1S/C19H35NO/c1-4-7-8-12-18-17-11-9-10-16(17)14-19(18,13-5-2)20(6-3)15-21/h15-18H,4-14H2,1-3H3/t16-,17-,18+,19+/m1/s1. The third kappa shape index (κ3) is 3.14. The number of hydrogen-bond donors (Lipinski definition) is 0. The van der Waals surface area contributed by atoms with Crippen molar-refractivity contribution in [3.05, 3.63) is 0 Å². The number of rotatable bonds is 9. The highest BCUT2D eigenvalue weighted by Gasteiger charge is 2.55. The first-order chi connectivity index (χ1) is 10.2. The molecule has 2 aliphatic rings. The van der Waals surface area contributed by atoms with E-state index in [2.05, 4.69) is 25.7 Å². The van der Waals surface area contributed by atoms with E-state index in [1.165, 1.54) is 64.2 Å². The lowest BCUT2D eigenvalue weighted by Crippen LogP contribution is -2.51. The minimum Gasteiger partial charge on any atom is -0.340 e. The summed E-state index contributed by atoms with van der Waals surface area (Å²) in [4.78, 5) is 13.9. The zero-order chi connectivity index (χ0) is 15.3. The van der Waals surface area contributed by atoms with Crippen LogP contribution in [-0.2, 0) is 4.79 Å². The molecule has 0 aliphatic heterocycles. The van der Waals surface area contributed by atoms with E-state index in [-0.39, 0.29) is 5.54 Å². The molecule has 0 unspecified atom stereocenters. The molecule has 0 aromatic carbocycles. The summed E-state index contributed by atoms with van der Waals surface area (Å²) in [7, 11) is 0. The van der Waals surface area contributed by atoms with Gasteiger partial charge in [0, 0.05) is 12.1 Å². The number of carbonyl (C=O) groups excluding carboxylic acids is 1. The lowest BCUT2D eigenvalue weighted by atomic mass is 9.75. The highest BCUT2D eigenvalue weighted by molar-refractivity contribution is 5.49. The smallest absolute Gasteiger partial charge is 0.210 e. The molecule has 2 nitrogen and oxygen atoms in total. The summed E-state index contributed by atoms with van der Waals surface area (Å²) in [6.07, 6.45) is 14.5. The van der Waals surface area contributed by atoms with E-state index in [1.807, 2.05) is 0 Å². The summed E-state index contributed by atoms with van der Waals surface area (Å²) in [6, 6.07) is 0. The van der Waals surface area contributed by atoms with Gasteiger partial charge in [-0.2, -0.15) is 0 Å². The van der Waals surface area contributed by atoms with Gasteiger partial charge < -0.3 is 4.90 Å². The summed E-state index contributed by atoms with van der Waals surface area (Å²) >= 11 is 0. The Balaban J connectivity index is 2.23. The minimum absolute atomic E-state index is 0.189. The first kappa shape index (κ1) is 16.8. The SMILES string of the molecule is CCCCC[C@H]1[C@@H]2CCC[C@@H]2C[C@]1(CCC)N(C=O)CC. The number of unbranched alkanes of at least 4 members (excludes halogenated alkanes) is 2. The van der Waals surface area contributed by atoms with Crippen LogP contribution in [0, 0.1) is 17.8 Å². The zero-order valence-electron chi connectivity index (χ0n) is 14.4. The minimum atomic E-state index is 0.189. The van der Waals surface area contributed by atoms with Gasteiger partial charge in [0.15, 0.2) is 0 Å². The van der Waals surface area contributed by atoms with Crippen LogP contribution in [0.1, 0.15) is 85.0 Å². The molecule has 0 heterocycles. The second kappa shape index (κ2) is 7.65. The summed E-state index contributed by atoms with van der Waals surface area (Å²) in [5, 5.41) is 0. The van der Waals surface area contributed by atoms with Crippen molar-refractivity contribution in [2.24, 2.45) is 17.8 Å². The van der Waals surface area contributed by atoms with Crippen LogP contribution >= 0.6 is 0 Å². The molecule has 2 heteroatoms. The molecular weight excluding hydrogens is 258 g/mol. The number of hydrogen-bond acceptors (Lipinski definition) is 1. The van der Waals surface area contributed by atoms with E-state index in [9.17, 15) is 4.79 Å². The molecule has 122 valence electrons. The molecule has 0 saturated heterocycles. The molecule has 0 N–H and O–H groups in total. The van der Waals surface area contributed by atoms with Crippen molar-refractivity contribution in [3.63, 3.8) is 0 Å². The largest absolute Gasteiger partial charge is 0.340 e. The Hall–Kier alpha value is -0.530. The van der Waals surface area contributed by atoms with Crippen molar-refractivity contribution in [2.45, 2.75) is 90.5 Å². The Morgan fingerprint density at radius 1 is 1.14 bits per heavy atom. The van der Waals surface area contributed by atoms with E-state index in [1.54, 1.807) is 0 Å². The lowest BCUT2D eigenvalue weighted by Gasteiger charge is -2.45. The molecule has 4 atom stereocenters. The fraction of sp³-hybridized carbons (Fsp3) is 0.947. The van der Waals surface area contributed by atoms with Crippen LogP contribution in [0.2, 0.25) is 0 Å². The van der Waals surface area contributed by atoms with Crippen molar-refractivity contribution in [1.82, 2.24) is 4.90 Å². The Labute approximate surface area is 131 Å². The van der Waals surface area contributed by atoms with Gasteiger partial charge in [-0.25, -0.2) is 0 Å². The predicted octanol–water partition coefficient (Wildman–Crippen LogP) is 5.02. The van der Waals surface area contributed by atoms with Crippen LogP contribution in [0.15, 0.2) is 0 Å². The van der Waals surface area contributed by atoms with E-state index < -0.39 is 0 Å². The summed E-state index contributed by atoms with van der Waals surface area (Å²) < 4.78 is 0. The monoisotopic (exact) mass is 293 g/mol. The van der Waals surface area contributed by atoms with Gasteiger partial charge in [0.05, 0.1) is 0 Å². The second-order valence-corrected chi connectivity index (χ2v) is 7.41. The van der Waals surface area contributed by atoms with Gasteiger partial charge in [-0.15, -0.1) is 0 Å². The Bertz CT molecular complexity index is 330. The highest BCUT2D eigenvalue weighted by Crippen LogP contribution is 2.57. The van der Waals surface area contributed by atoms with E-state index in [4.69, 9.17) is 0 Å². The summed E-state index contributed by atoms with van der Waals surface area (Å²) in [5.74, 6) is 2.57. The van der Waals surface area contributed by atoms with Crippen LogP contribution in [-0.4, -0.2) is 23.4 Å². The number of nitrogens with zero attached hydrogens (tertiary/aromatic N) is 1. The summed E-state index contributed by atoms with van der Waals surface area (Å²) in [5.41, 5.74) is 0.189. The first-order valence-corrected chi connectivity index (χ1v) is 9.45. The van der Waals surface area contributed by atoms with Crippen LogP contribution in [0.3, 0.4) is 0 Å². The van der Waals surface area contributed by atoms with Crippen LogP contribution in [0.5, 0.6) is 0 Å². The van der Waals surface area contributed by atoms with Crippen molar-refractivity contribution < 1.29 is 4.79 Å². The molecule has 0 spiro atoms. The highest BCUT2D eigenvalue weighted by atomic mass is 16.1. The van der Waals surface area contributed by atoms with Crippen molar-refractivity contribution in [2.75, 3.05) is 6.54 Å². The zero-order valence-corrected chi connectivity index (χ0v) is 14.4. The van der Waals surface area contributed by atoms with Crippen LogP contribution < -0.4 is 0 Å². The quantitative estimate of drug-likeness (QED) is 0.432. The van der Waals surface area contributed by atoms with Crippen LogP contribution in [0.25, 0.3) is 0 Å². The normalized spacial score (nSPS) is 34.9. The molecule has 0 radical (unpaired) electrons. The van der Waals surface area contributed by atoms with Crippen LogP contribution in [0.4, 0.5) is 0 Å². The van der Waals surface area contributed by atoms with Gasteiger partial charge in [0.2, 0.25) is 6.41 Å². The molecule has 1 amide bonds. The molecule has 0 aromatic heterocycles. The number of fused-ring (bicyclic) bond motifs is 1. The number of amides is 1. The lowest BCUT2D eigenvalue weighted by molar-refractivity contribution is -0.126. The molecule has 2 rings (SSSR count). The van der Waals surface area contributed by atoms with Gasteiger partial charge in [-0.05, 0) is 50.4 Å². The second-order valence-electron chi connectivity index (χ2n) is 7.41.